The topological polar surface area (TPSA) is 68.0 Å². The predicted molar refractivity (Wildman–Crippen MR) is 58.0 cm³/mol. The summed E-state index contributed by atoms with van der Waals surface area (Å²) in [7, 11) is 0. The summed E-state index contributed by atoms with van der Waals surface area (Å²) in [5.74, 6) is -0.424. The minimum atomic E-state index is -0.424. The Morgan fingerprint density at radius 1 is 1.71 bits per heavy atom. The van der Waals surface area contributed by atoms with E-state index in [1.165, 1.54) is 11.3 Å². The van der Waals surface area contributed by atoms with Crippen molar-refractivity contribution in [1.29, 1.82) is 0 Å². The van der Waals surface area contributed by atoms with Crippen molar-refractivity contribution >= 4 is 29.7 Å². The molecule has 0 bridgehead atoms. The third-order valence-corrected chi connectivity index (χ3v) is 3.44. The quantitative estimate of drug-likeness (QED) is 0.757. The van der Waals surface area contributed by atoms with Gasteiger partial charge in [-0.3, -0.25) is 4.79 Å². The highest BCUT2D eigenvalue weighted by Gasteiger charge is 2.21. The van der Waals surface area contributed by atoms with Crippen molar-refractivity contribution in [2.75, 3.05) is 6.54 Å². The highest BCUT2D eigenvalue weighted by atomic mass is 35.5. The molecule has 0 radical (unpaired) electrons. The van der Waals surface area contributed by atoms with Gasteiger partial charge in [0.15, 0.2) is 5.01 Å². The molecule has 0 saturated heterocycles. The summed E-state index contributed by atoms with van der Waals surface area (Å²) in [6.07, 6.45) is 0.892. The Bertz CT molecular complexity index is 352. The molecule has 3 N–H and O–H groups in total. The van der Waals surface area contributed by atoms with Crippen LogP contribution in [0.1, 0.15) is 33.3 Å². The van der Waals surface area contributed by atoms with Gasteiger partial charge in [0.05, 0.1) is 5.69 Å². The molecule has 1 aromatic rings. The molecule has 78 valence electrons. The Hall–Kier alpha value is -0.650. The number of rotatable bonds is 1. The lowest BCUT2D eigenvalue weighted by Crippen LogP contribution is -2.26. The fourth-order valence-corrected chi connectivity index (χ4v) is 2.48. The molecule has 1 amide bonds. The molecule has 0 aliphatic carbocycles. The van der Waals surface area contributed by atoms with Gasteiger partial charge in [-0.05, 0) is 6.92 Å². The first-order chi connectivity index (χ1) is 6.18. The third kappa shape index (κ3) is 1.89. The average molecular weight is 234 g/mol. The van der Waals surface area contributed by atoms with E-state index in [4.69, 9.17) is 5.73 Å². The summed E-state index contributed by atoms with van der Waals surface area (Å²) in [5.41, 5.74) is 6.19. The Morgan fingerprint density at radius 2 is 2.43 bits per heavy atom. The van der Waals surface area contributed by atoms with Crippen LogP contribution in [0.25, 0.3) is 0 Å². The number of hydrogen-bond acceptors (Lipinski definition) is 4. The number of primary amides is 1. The van der Waals surface area contributed by atoms with Crippen LogP contribution < -0.4 is 11.1 Å². The zero-order valence-corrected chi connectivity index (χ0v) is 9.37. The monoisotopic (exact) mass is 233 g/mol. The van der Waals surface area contributed by atoms with Gasteiger partial charge in [-0.1, -0.05) is 0 Å². The van der Waals surface area contributed by atoms with Gasteiger partial charge in [0.2, 0.25) is 0 Å². The molecular formula is C8H12ClN3OS. The average Bonchev–Trinajstić information content (AvgIpc) is 2.49. The molecule has 1 unspecified atom stereocenters. The Balaban J connectivity index is 0.000000980. The maximum atomic E-state index is 10.9. The van der Waals surface area contributed by atoms with Gasteiger partial charge in [-0.15, -0.1) is 23.7 Å². The molecule has 4 nitrogen and oxygen atoms in total. The first-order valence-corrected chi connectivity index (χ1v) is 5.03. The number of halogens is 1. The van der Waals surface area contributed by atoms with Gasteiger partial charge in [-0.2, -0.15) is 0 Å². The van der Waals surface area contributed by atoms with E-state index in [0.717, 1.165) is 23.5 Å². The minimum Gasteiger partial charge on any atom is -0.364 e. The number of hydrogen-bond donors (Lipinski definition) is 2. The van der Waals surface area contributed by atoms with E-state index >= 15 is 0 Å². The number of amides is 1. The van der Waals surface area contributed by atoms with Gasteiger partial charge in [-0.25, -0.2) is 4.98 Å². The van der Waals surface area contributed by atoms with E-state index in [2.05, 4.69) is 17.2 Å². The molecule has 6 heteroatoms. The van der Waals surface area contributed by atoms with Crippen LogP contribution in [0.3, 0.4) is 0 Å². The van der Waals surface area contributed by atoms with Crippen molar-refractivity contribution in [1.82, 2.24) is 10.3 Å². The van der Waals surface area contributed by atoms with Crippen molar-refractivity contribution in [3.63, 3.8) is 0 Å². The molecule has 1 aromatic heterocycles. The Morgan fingerprint density at radius 3 is 3.00 bits per heavy atom. The minimum absolute atomic E-state index is 0. The number of nitrogens with two attached hydrogens (primary N) is 1. The molecular weight excluding hydrogens is 222 g/mol. The molecule has 0 spiro atoms. The van der Waals surface area contributed by atoms with E-state index in [1.807, 2.05) is 0 Å². The second-order valence-corrected chi connectivity index (χ2v) is 4.15. The van der Waals surface area contributed by atoms with E-state index in [0.29, 0.717) is 11.0 Å². The molecule has 1 aliphatic heterocycles. The predicted octanol–water partition coefficient (Wildman–Crippen LogP) is 0.871. The number of nitrogens with one attached hydrogen (secondary N) is 1. The largest absolute Gasteiger partial charge is 0.364 e. The summed E-state index contributed by atoms with van der Waals surface area (Å²) < 4.78 is 0. The van der Waals surface area contributed by atoms with E-state index in [-0.39, 0.29) is 12.4 Å². The fourth-order valence-electron chi connectivity index (χ4n) is 1.49. The van der Waals surface area contributed by atoms with Crippen LogP contribution in [0.2, 0.25) is 0 Å². The van der Waals surface area contributed by atoms with Gasteiger partial charge >= 0.3 is 0 Å². The summed E-state index contributed by atoms with van der Waals surface area (Å²) >= 11 is 1.40. The number of fused-ring (bicyclic) bond motifs is 1. The zero-order valence-electron chi connectivity index (χ0n) is 7.74. The van der Waals surface area contributed by atoms with Gasteiger partial charge in [0.25, 0.3) is 5.91 Å². The molecule has 0 saturated carbocycles. The summed E-state index contributed by atoms with van der Waals surface area (Å²) in [5, 5.41) is 3.74. The lowest BCUT2D eigenvalue weighted by atomic mass is 10.1. The van der Waals surface area contributed by atoms with Gasteiger partial charge in [0.1, 0.15) is 0 Å². The summed E-state index contributed by atoms with van der Waals surface area (Å²) in [6, 6.07) is 0.300. The molecule has 0 aromatic carbocycles. The van der Waals surface area contributed by atoms with Crippen molar-refractivity contribution in [2.45, 2.75) is 19.4 Å². The molecule has 2 heterocycles. The molecule has 1 aliphatic rings. The van der Waals surface area contributed by atoms with E-state index < -0.39 is 5.91 Å². The van der Waals surface area contributed by atoms with Gasteiger partial charge < -0.3 is 11.1 Å². The van der Waals surface area contributed by atoms with Crippen LogP contribution in [-0.4, -0.2) is 17.4 Å². The van der Waals surface area contributed by atoms with Crippen molar-refractivity contribution < 1.29 is 4.79 Å². The van der Waals surface area contributed by atoms with E-state index in [1.54, 1.807) is 0 Å². The van der Waals surface area contributed by atoms with Crippen molar-refractivity contribution in [3.05, 3.63) is 15.6 Å². The molecule has 14 heavy (non-hydrogen) atoms. The molecule has 2 rings (SSSR count). The third-order valence-electron chi connectivity index (χ3n) is 2.14. The van der Waals surface area contributed by atoms with Crippen LogP contribution in [0.4, 0.5) is 0 Å². The number of carbonyl (C=O) groups is 1. The van der Waals surface area contributed by atoms with Crippen LogP contribution in [0, 0.1) is 0 Å². The maximum absolute atomic E-state index is 10.9. The van der Waals surface area contributed by atoms with Crippen LogP contribution in [-0.2, 0) is 6.42 Å². The zero-order chi connectivity index (χ0) is 9.42. The van der Waals surface area contributed by atoms with Crippen LogP contribution in [0.15, 0.2) is 0 Å². The first-order valence-electron chi connectivity index (χ1n) is 4.21. The standard InChI is InChI=1S/C8H11N3OS.ClH/c1-4-6-5(2-3-10-4)11-8(13-6)7(9)12;/h4,10H,2-3H2,1H3,(H2,9,12);1H. The van der Waals surface area contributed by atoms with Crippen LogP contribution >= 0.6 is 23.7 Å². The molecule has 0 fully saturated rings. The highest BCUT2D eigenvalue weighted by Crippen LogP contribution is 2.28. The Kier molecular flexibility index (Phi) is 3.47. The first kappa shape index (κ1) is 11.4. The Labute approximate surface area is 92.3 Å². The fraction of sp³-hybridized carbons (Fsp3) is 0.500. The summed E-state index contributed by atoms with van der Waals surface area (Å²) in [6.45, 7) is 3.00. The van der Waals surface area contributed by atoms with Crippen LogP contribution in [0.5, 0.6) is 0 Å². The second kappa shape index (κ2) is 4.25. The lowest BCUT2D eigenvalue weighted by molar-refractivity contribution is 0.1000. The number of aromatic nitrogens is 1. The number of thiazole rings is 1. The number of carbonyl (C=O) groups excluding carboxylic acids is 1. The normalized spacial score (nSPS) is 19.6. The van der Waals surface area contributed by atoms with Gasteiger partial charge in [0, 0.05) is 23.9 Å². The van der Waals surface area contributed by atoms with Crippen molar-refractivity contribution in [3.8, 4) is 0 Å². The highest BCUT2D eigenvalue weighted by molar-refractivity contribution is 7.13. The maximum Gasteiger partial charge on any atom is 0.277 e. The number of nitrogens with zero attached hydrogens (tertiary/aromatic N) is 1. The summed E-state index contributed by atoms with van der Waals surface area (Å²) in [4.78, 5) is 16.2. The van der Waals surface area contributed by atoms with E-state index in [9.17, 15) is 4.79 Å². The second-order valence-electron chi connectivity index (χ2n) is 3.12. The van der Waals surface area contributed by atoms with Crippen molar-refractivity contribution in [2.24, 2.45) is 5.73 Å². The SMILES string of the molecule is CC1NCCc2nc(C(N)=O)sc21.Cl. The smallest absolute Gasteiger partial charge is 0.277 e. The lowest BCUT2D eigenvalue weighted by Gasteiger charge is -2.18. The molecule has 1 atom stereocenters.